The minimum absolute atomic E-state index is 0.0877. The number of phenolic OH excluding ortho intramolecular Hbond substituents is 1. The molecule has 2 atom stereocenters. The minimum Gasteiger partial charge on any atom is -0.504 e. The number of methoxy groups -OCH3 is 1. The summed E-state index contributed by atoms with van der Waals surface area (Å²) in [5.41, 5.74) is 2.98. The van der Waals surface area contributed by atoms with E-state index in [1.54, 1.807) is 19.2 Å². The van der Waals surface area contributed by atoms with E-state index in [1.807, 2.05) is 36.4 Å². The molecule has 6 heteroatoms. The fourth-order valence-corrected chi connectivity index (χ4v) is 5.75. The fraction of sp³-hybridized carbons (Fsp3) is 0.400. The Labute approximate surface area is 211 Å². The zero-order chi connectivity index (χ0) is 25.2. The predicted molar refractivity (Wildman–Crippen MR) is 136 cm³/mol. The Kier molecular flexibility index (Phi) is 5.08. The minimum atomic E-state index is -0.592. The third kappa shape index (κ3) is 3.62. The summed E-state index contributed by atoms with van der Waals surface area (Å²) >= 11 is 0. The summed E-state index contributed by atoms with van der Waals surface area (Å²) in [6, 6.07) is 15.4. The molecule has 0 saturated carbocycles. The van der Waals surface area contributed by atoms with Gasteiger partial charge in [-0.15, -0.1) is 0 Å². The molecule has 0 amide bonds. The number of ether oxygens (including phenoxy) is 5. The lowest BCUT2D eigenvalue weighted by atomic mass is 9.76. The number of hydrogen-bond donors (Lipinski definition) is 1. The zero-order valence-electron chi connectivity index (χ0n) is 21.4. The van der Waals surface area contributed by atoms with Gasteiger partial charge >= 0.3 is 0 Å². The quantitative estimate of drug-likeness (QED) is 0.454. The first kappa shape index (κ1) is 22.9. The van der Waals surface area contributed by atoms with Crippen LogP contribution in [0.25, 0.3) is 0 Å². The Morgan fingerprint density at radius 2 is 1.72 bits per heavy atom. The van der Waals surface area contributed by atoms with Gasteiger partial charge in [0, 0.05) is 23.3 Å². The second-order valence-corrected chi connectivity index (χ2v) is 11.0. The maximum absolute atomic E-state index is 10.9. The molecule has 0 aliphatic carbocycles. The molecule has 0 saturated heterocycles. The average molecular weight is 489 g/mol. The Hall–Kier alpha value is -3.54. The molecule has 0 radical (unpaired) electrons. The van der Waals surface area contributed by atoms with Crippen LogP contribution in [0.2, 0.25) is 0 Å². The molecule has 6 rings (SSSR count). The molecule has 3 aromatic carbocycles. The SMILES string of the molecule is COc1cc2c(c3c1CCC(C)(C)O3)C1Oc3cc(OCc4ccccc4)c(O)cc3C1C(C)(C)O2. The molecule has 3 aliphatic rings. The van der Waals surface area contributed by atoms with Crippen LogP contribution in [0.15, 0.2) is 48.5 Å². The fourth-order valence-electron chi connectivity index (χ4n) is 5.75. The number of phenols is 1. The van der Waals surface area contributed by atoms with Crippen molar-refractivity contribution < 1.29 is 28.8 Å². The molecule has 0 spiro atoms. The van der Waals surface area contributed by atoms with Crippen molar-refractivity contribution in [2.75, 3.05) is 7.11 Å². The van der Waals surface area contributed by atoms with Crippen LogP contribution in [0.4, 0.5) is 0 Å². The van der Waals surface area contributed by atoms with E-state index in [0.717, 1.165) is 46.6 Å². The summed E-state index contributed by atoms with van der Waals surface area (Å²) in [5.74, 6) is 3.32. The van der Waals surface area contributed by atoms with Crippen molar-refractivity contribution in [2.45, 2.75) is 70.4 Å². The molecule has 0 bridgehead atoms. The van der Waals surface area contributed by atoms with Crippen LogP contribution in [0, 0.1) is 0 Å². The predicted octanol–water partition coefficient (Wildman–Crippen LogP) is 6.47. The summed E-state index contributed by atoms with van der Waals surface area (Å²) in [5, 5.41) is 10.9. The number of aromatic hydroxyl groups is 1. The van der Waals surface area contributed by atoms with Gasteiger partial charge in [-0.3, -0.25) is 0 Å². The first-order chi connectivity index (χ1) is 17.2. The van der Waals surface area contributed by atoms with E-state index < -0.39 is 5.60 Å². The Morgan fingerprint density at radius 3 is 2.47 bits per heavy atom. The van der Waals surface area contributed by atoms with E-state index >= 15 is 0 Å². The van der Waals surface area contributed by atoms with E-state index in [1.165, 1.54) is 0 Å². The number of rotatable bonds is 4. The van der Waals surface area contributed by atoms with Crippen molar-refractivity contribution in [3.63, 3.8) is 0 Å². The first-order valence-electron chi connectivity index (χ1n) is 12.5. The lowest BCUT2D eigenvalue weighted by Gasteiger charge is -2.44. The maximum atomic E-state index is 10.9. The van der Waals surface area contributed by atoms with Crippen LogP contribution < -0.4 is 23.7 Å². The van der Waals surface area contributed by atoms with E-state index in [0.29, 0.717) is 23.9 Å². The van der Waals surface area contributed by atoms with Crippen LogP contribution in [-0.4, -0.2) is 23.4 Å². The average Bonchev–Trinajstić information content (AvgIpc) is 3.20. The summed E-state index contributed by atoms with van der Waals surface area (Å²) in [7, 11) is 1.68. The molecule has 36 heavy (non-hydrogen) atoms. The lowest BCUT2D eigenvalue weighted by Crippen LogP contribution is -2.43. The van der Waals surface area contributed by atoms with Gasteiger partial charge in [0.15, 0.2) is 11.5 Å². The molecular formula is C30H32O6. The van der Waals surface area contributed by atoms with E-state index in [4.69, 9.17) is 23.7 Å². The molecule has 188 valence electrons. The van der Waals surface area contributed by atoms with Crippen LogP contribution in [0.5, 0.6) is 34.5 Å². The summed E-state index contributed by atoms with van der Waals surface area (Å²) in [4.78, 5) is 0. The third-order valence-corrected chi connectivity index (χ3v) is 7.55. The smallest absolute Gasteiger partial charge is 0.165 e. The second kappa shape index (κ2) is 7.99. The Morgan fingerprint density at radius 1 is 0.972 bits per heavy atom. The van der Waals surface area contributed by atoms with Gasteiger partial charge in [-0.2, -0.15) is 0 Å². The largest absolute Gasteiger partial charge is 0.504 e. The highest BCUT2D eigenvalue weighted by Crippen LogP contribution is 2.62. The van der Waals surface area contributed by atoms with Gasteiger partial charge in [-0.1, -0.05) is 30.3 Å². The molecule has 2 unspecified atom stereocenters. The Balaban J connectivity index is 1.42. The highest BCUT2D eigenvalue weighted by molar-refractivity contribution is 5.64. The standard InChI is InChI=1S/C30H32O6/c1-29(2)12-11-18-21(32-5)14-24-25(27(18)36-29)28-26(30(3,4)35-24)19-13-20(31)23(15-22(19)34-28)33-16-17-9-7-6-8-10-17/h6-10,13-15,26,28,31H,11-12,16H2,1-5H3. The summed E-state index contributed by atoms with van der Waals surface area (Å²) < 4.78 is 31.5. The molecule has 1 N–H and O–H groups in total. The Bertz CT molecular complexity index is 1330. The van der Waals surface area contributed by atoms with E-state index in [2.05, 4.69) is 27.7 Å². The molecule has 3 aliphatic heterocycles. The highest BCUT2D eigenvalue weighted by Gasteiger charge is 2.53. The van der Waals surface area contributed by atoms with Crippen molar-refractivity contribution in [1.82, 2.24) is 0 Å². The van der Waals surface area contributed by atoms with Crippen molar-refractivity contribution >= 4 is 0 Å². The van der Waals surface area contributed by atoms with Gasteiger partial charge in [0.2, 0.25) is 0 Å². The van der Waals surface area contributed by atoms with Gasteiger partial charge < -0.3 is 28.8 Å². The van der Waals surface area contributed by atoms with Gasteiger partial charge in [-0.05, 0) is 52.2 Å². The van der Waals surface area contributed by atoms with Crippen molar-refractivity contribution in [2.24, 2.45) is 0 Å². The second-order valence-electron chi connectivity index (χ2n) is 11.0. The van der Waals surface area contributed by atoms with Gasteiger partial charge in [-0.25, -0.2) is 0 Å². The van der Waals surface area contributed by atoms with Crippen molar-refractivity contribution in [3.05, 3.63) is 70.8 Å². The van der Waals surface area contributed by atoms with Crippen LogP contribution in [0.3, 0.4) is 0 Å². The number of fused-ring (bicyclic) bond motifs is 7. The molecule has 0 fully saturated rings. The van der Waals surface area contributed by atoms with Crippen LogP contribution in [0.1, 0.15) is 68.4 Å². The van der Waals surface area contributed by atoms with Crippen molar-refractivity contribution in [1.29, 1.82) is 0 Å². The normalized spacial score (nSPS) is 22.0. The maximum Gasteiger partial charge on any atom is 0.165 e. The molecule has 3 aromatic rings. The topological polar surface area (TPSA) is 66.4 Å². The molecule has 3 heterocycles. The monoisotopic (exact) mass is 488 g/mol. The van der Waals surface area contributed by atoms with Crippen LogP contribution >= 0.6 is 0 Å². The molecule has 6 nitrogen and oxygen atoms in total. The lowest BCUT2D eigenvalue weighted by molar-refractivity contribution is 0.00598. The van der Waals surface area contributed by atoms with E-state index in [9.17, 15) is 5.11 Å². The molecular weight excluding hydrogens is 456 g/mol. The van der Waals surface area contributed by atoms with Gasteiger partial charge in [0.05, 0.1) is 18.6 Å². The third-order valence-electron chi connectivity index (χ3n) is 7.55. The van der Waals surface area contributed by atoms with E-state index in [-0.39, 0.29) is 23.4 Å². The number of benzene rings is 3. The zero-order valence-corrected chi connectivity index (χ0v) is 21.4. The van der Waals surface area contributed by atoms with Crippen molar-refractivity contribution in [3.8, 4) is 34.5 Å². The summed E-state index contributed by atoms with van der Waals surface area (Å²) in [6.07, 6.45) is 1.42. The van der Waals surface area contributed by atoms with Gasteiger partial charge in [0.25, 0.3) is 0 Å². The first-order valence-corrected chi connectivity index (χ1v) is 12.5. The highest BCUT2D eigenvalue weighted by atomic mass is 16.5. The summed E-state index contributed by atoms with van der Waals surface area (Å²) in [6.45, 7) is 8.67. The molecule has 0 aromatic heterocycles. The number of hydrogen-bond acceptors (Lipinski definition) is 6. The van der Waals surface area contributed by atoms with Crippen LogP contribution in [-0.2, 0) is 13.0 Å². The van der Waals surface area contributed by atoms with Gasteiger partial charge in [0.1, 0.15) is 46.9 Å².